The zero-order chi connectivity index (χ0) is 38.7. The van der Waals surface area contributed by atoms with Crippen molar-refractivity contribution in [2.75, 3.05) is 4.90 Å². The van der Waals surface area contributed by atoms with Crippen molar-refractivity contribution in [3.05, 3.63) is 200 Å². The molecule has 11 aromatic rings. The van der Waals surface area contributed by atoms with Gasteiger partial charge >= 0.3 is 0 Å². The van der Waals surface area contributed by atoms with E-state index in [0.717, 1.165) is 84.4 Å². The van der Waals surface area contributed by atoms with Crippen molar-refractivity contribution < 1.29 is 0 Å². The summed E-state index contributed by atoms with van der Waals surface area (Å²) >= 11 is 0. The zero-order valence-electron chi connectivity index (χ0n) is 32.0. The Balaban J connectivity index is 1.11. The van der Waals surface area contributed by atoms with Crippen molar-refractivity contribution in [3.63, 3.8) is 0 Å². The van der Waals surface area contributed by atoms with E-state index >= 15 is 0 Å². The molecule has 0 unspecified atom stereocenters. The maximum absolute atomic E-state index is 5.03. The predicted molar refractivity (Wildman–Crippen MR) is 237 cm³/mol. The lowest BCUT2D eigenvalue weighted by atomic mass is 10.0. The first-order valence-electron chi connectivity index (χ1n) is 19.5. The number of aromatic nitrogens is 6. The van der Waals surface area contributed by atoms with E-state index in [-0.39, 0.29) is 0 Å². The number of benzene rings is 6. The van der Waals surface area contributed by atoms with Gasteiger partial charge in [-0.25, -0.2) is 14.6 Å². The van der Waals surface area contributed by atoms with Gasteiger partial charge in [0.25, 0.3) is 0 Å². The molecule has 0 aliphatic carbocycles. The van der Waals surface area contributed by atoms with Gasteiger partial charge in [-0.05, 0) is 104 Å². The summed E-state index contributed by atoms with van der Waals surface area (Å²) in [5.74, 6) is 1.73. The van der Waals surface area contributed by atoms with Crippen molar-refractivity contribution in [2.45, 2.75) is 13.8 Å². The summed E-state index contributed by atoms with van der Waals surface area (Å²) in [6.07, 6.45) is 3.77. The second-order valence-electron chi connectivity index (χ2n) is 14.7. The second kappa shape index (κ2) is 13.5. The molecule has 0 fully saturated rings. The number of hydrogen-bond donors (Lipinski definition) is 0. The molecule has 7 nitrogen and oxygen atoms in total. The molecule has 5 heterocycles. The van der Waals surface area contributed by atoms with Crippen LogP contribution in [0, 0.1) is 13.8 Å². The summed E-state index contributed by atoms with van der Waals surface area (Å²) < 4.78 is 6.60. The predicted octanol–water partition coefficient (Wildman–Crippen LogP) is 12.6. The fourth-order valence-corrected chi connectivity index (χ4v) is 8.78. The first-order chi connectivity index (χ1) is 28.6. The lowest BCUT2D eigenvalue weighted by Crippen LogP contribution is -2.10. The molecular weight excluding hydrogens is 711 g/mol. The number of nitrogens with zero attached hydrogens (tertiary/aromatic N) is 7. The van der Waals surface area contributed by atoms with Crippen LogP contribution in [0.4, 0.5) is 17.1 Å². The van der Waals surface area contributed by atoms with Crippen LogP contribution in [0.1, 0.15) is 11.4 Å². The van der Waals surface area contributed by atoms with Gasteiger partial charge in [-0.2, -0.15) is 5.10 Å². The number of anilines is 3. The minimum atomic E-state index is 0.847. The topological polar surface area (TPSA) is 56.7 Å². The van der Waals surface area contributed by atoms with E-state index < -0.39 is 0 Å². The van der Waals surface area contributed by atoms with E-state index in [1.165, 1.54) is 16.2 Å². The van der Waals surface area contributed by atoms with Crippen LogP contribution in [-0.2, 0) is 0 Å². The van der Waals surface area contributed by atoms with Crippen LogP contribution in [0.5, 0.6) is 0 Å². The standard InChI is InChI=1S/C51H37N7/c1-34-51(35(2)58(54-34)38-17-7-4-8-18-38)36-28-30-53-50(31-36)57-46-22-12-10-20-42(46)44-27-25-40(33-48(44)57)55(37-15-5-3-6-16-37)39-24-26-43-41-19-9-11-21-45(41)56(47(43)32-39)49-23-13-14-29-52-49/h3-33H,1-2H3. The Morgan fingerprint density at radius 1 is 0.431 bits per heavy atom. The number of rotatable bonds is 7. The van der Waals surface area contributed by atoms with Gasteiger partial charge in [0.05, 0.1) is 33.4 Å². The Hall–Kier alpha value is -7.77. The van der Waals surface area contributed by atoms with Crippen LogP contribution in [0.2, 0.25) is 0 Å². The molecule has 0 atom stereocenters. The number of pyridine rings is 2. The van der Waals surface area contributed by atoms with Gasteiger partial charge in [0.2, 0.25) is 0 Å². The molecule has 0 spiro atoms. The molecule has 11 rings (SSSR count). The maximum Gasteiger partial charge on any atom is 0.138 e. The summed E-state index contributed by atoms with van der Waals surface area (Å²) in [5, 5.41) is 9.68. The van der Waals surface area contributed by atoms with Crippen molar-refractivity contribution in [1.29, 1.82) is 0 Å². The molecule has 6 aromatic carbocycles. The van der Waals surface area contributed by atoms with Crippen LogP contribution >= 0.6 is 0 Å². The lowest BCUT2D eigenvalue weighted by Gasteiger charge is -2.26. The third-order valence-corrected chi connectivity index (χ3v) is 11.3. The average molecular weight is 748 g/mol. The molecule has 0 amide bonds. The van der Waals surface area contributed by atoms with E-state index in [2.05, 4.69) is 173 Å². The Kier molecular flexibility index (Phi) is 7.79. The number of aryl methyl sites for hydroxylation is 1. The SMILES string of the molecule is Cc1nn(-c2ccccc2)c(C)c1-c1ccnc(-n2c3ccccc3c3ccc(N(c4ccccc4)c4ccc5c6ccccc6n(-c6ccccn6)c5c4)cc32)c1. The van der Waals surface area contributed by atoms with E-state index in [9.17, 15) is 0 Å². The van der Waals surface area contributed by atoms with Crippen LogP contribution in [0.3, 0.4) is 0 Å². The Labute approximate surface area is 335 Å². The molecule has 0 radical (unpaired) electrons. The summed E-state index contributed by atoms with van der Waals surface area (Å²) in [5.41, 5.74) is 12.8. The normalized spacial score (nSPS) is 11.6. The van der Waals surface area contributed by atoms with Crippen LogP contribution in [0.15, 0.2) is 188 Å². The molecule has 276 valence electrons. The van der Waals surface area contributed by atoms with Crippen LogP contribution in [0.25, 0.3) is 72.1 Å². The van der Waals surface area contributed by atoms with Crippen LogP contribution in [-0.4, -0.2) is 28.9 Å². The summed E-state index contributed by atoms with van der Waals surface area (Å²) in [4.78, 5) is 12.2. The molecule has 0 saturated heterocycles. The van der Waals surface area contributed by atoms with E-state index in [0.29, 0.717) is 0 Å². The highest BCUT2D eigenvalue weighted by atomic mass is 15.3. The minimum Gasteiger partial charge on any atom is -0.310 e. The number of hydrogen-bond acceptors (Lipinski definition) is 4. The zero-order valence-corrected chi connectivity index (χ0v) is 32.0. The Bertz CT molecular complexity index is 3310. The van der Waals surface area contributed by atoms with E-state index in [1.807, 2.05) is 47.4 Å². The Morgan fingerprint density at radius 2 is 0.983 bits per heavy atom. The van der Waals surface area contributed by atoms with Crippen LogP contribution < -0.4 is 4.90 Å². The third kappa shape index (κ3) is 5.32. The quantitative estimate of drug-likeness (QED) is 0.163. The highest BCUT2D eigenvalue weighted by Gasteiger charge is 2.21. The van der Waals surface area contributed by atoms with Gasteiger partial charge in [-0.1, -0.05) is 91.0 Å². The second-order valence-corrected chi connectivity index (χ2v) is 14.7. The summed E-state index contributed by atoms with van der Waals surface area (Å²) in [7, 11) is 0. The van der Waals surface area contributed by atoms with Gasteiger partial charge in [0.15, 0.2) is 0 Å². The largest absolute Gasteiger partial charge is 0.310 e. The van der Waals surface area contributed by atoms with Crippen molar-refractivity contribution in [2.24, 2.45) is 0 Å². The molecule has 0 aliphatic heterocycles. The van der Waals surface area contributed by atoms with Gasteiger partial charge in [-0.3, -0.25) is 9.13 Å². The van der Waals surface area contributed by atoms with Gasteiger partial charge in [0.1, 0.15) is 11.6 Å². The molecular formula is C51H37N7. The first kappa shape index (κ1) is 33.6. The van der Waals surface area contributed by atoms with Crippen molar-refractivity contribution in [1.82, 2.24) is 28.9 Å². The molecule has 0 saturated carbocycles. The summed E-state index contributed by atoms with van der Waals surface area (Å²) in [6.45, 7) is 4.22. The first-order valence-corrected chi connectivity index (χ1v) is 19.5. The van der Waals surface area contributed by atoms with Crippen molar-refractivity contribution >= 4 is 60.7 Å². The molecule has 0 aliphatic rings. The van der Waals surface area contributed by atoms with Gasteiger partial charge < -0.3 is 4.90 Å². The number of para-hydroxylation sites is 4. The minimum absolute atomic E-state index is 0.847. The van der Waals surface area contributed by atoms with Gasteiger partial charge in [0, 0.05) is 62.3 Å². The monoisotopic (exact) mass is 747 g/mol. The fourth-order valence-electron chi connectivity index (χ4n) is 8.78. The molecule has 58 heavy (non-hydrogen) atoms. The highest BCUT2D eigenvalue weighted by molar-refractivity contribution is 6.12. The highest BCUT2D eigenvalue weighted by Crippen LogP contribution is 2.42. The number of fused-ring (bicyclic) bond motifs is 6. The van der Waals surface area contributed by atoms with E-state index in [1.54, 1.807) is 0 Å². The summed E-state index contributed by atoms with van der Waals surface area (Å²) in [6, 6.07) is 62.0. The van der Waals surface area contributed by atoms with E-state index in [4.69, 9.17) is 15.1 Å². The molecule has 5 aromatic heterocycles. The molecule has 0 bridgehead atoms. The van der Waals surface area contributed by atoms with Gasteiger partial charge in [-0.15, -0.1) is 0 Å². The van der Waals surface area contributed by atoms with Crippen molar-refractivity contribution in [3.8, 4) is 28.5 Å². The third-order valence-electron chi connectivity index (χ3n) is 11.3. The fraction of sp³-hybridized carbons (Fsp3) is 0.0392. The smallest absolute Gasteiger partial charge is 0.138 e. The molecule has 0 N–H and O–H groups in total. The average Bonchev–Trinajstić information content (AvgIpc) is 3.90. The Morgan fingerprint density at radius 3 is 1.62 bits per heavy atom. The lowest BCUT2D eigenvalue weighted by molar-refractivity contribution is 0.834. The molecule has 7 heteroatoms. The maximum atomic E-state index is 5.03.